The third-order valence-corrected chi connectivity index (χ3v) is 8.40. The van der Waals surface area contributed by atoms with E-state index in [1.165, 1.54) is 0 Å². The van der Waals surface area contributed by atoms with E-state index in [2.05, 4.69) is 0 Å². The molecule has 39 heavy (non-hydrogen) atoms. The number of hydrogen-bond donors (Lipinski definition) is 0. The number of anilines is 1. The van der Waals surface area contributed by atoms with Crippen LogP contribution in [0.15, 0.2) is 95.6 Å². The van der Waals surface area contributed by atoms with Crippen molar-refractivity contribution in [2.24, 2.45) is 5.92 Å². The minimum absolute atomic E-state index is 0.105. The molecule has 6 nitrogen and oxygen atoms in total. The Hall–Kier alpha value is -3.87. The Bertz CT molecular complexity index is 1520. The molecule has 1 saturated heterocycles. The molecule has 198 valence electrons. The van der Waals surface area contributed by atoms with Gasteiger partial charge in [-0.15, -0.1) is 0 Å². The van der Waals surface area contributed by atoms with Crippen molar-refractivity contribution in [3.8, 4) is 5.75 Å². The molecule has 1 spiro atoms. The number of halogens is 1. The number of amides is 1. The Morgan fingerprint density at radius 1 is 1.03 bits per heavy atom. The molecule has 7 heteroatoms. The molecule has 4 aromatic rings. The first kappa shape index (κ1) is 25.4. The number of ether oxygens (including phenoxy) is 1. The highest BCUT2D eigenvalue weighted by Crippen LogP contribution is 2.57. The zero-order chi connectivity index (χ0) is 27.1. The van der Waals surface area contributed by atoms with Crippen LogP contribution in [0.1, 0.15) is 40.1 Å². The number of furan rings is 1. The predicted molar refractivity (Wildman–Crippen MR) is 150 cm³/mol. The highest BCUT2D eigenvalue weighted by Gasteiger charge is 2.66. The van der Waals surface area contributed by atoms with Gasteiger partial charge in [-0.05, 0) is 68.1 Å². The Morgan fingerprint density at radius 3 is 2.49 bits per heavy atom. The van der Waals surface area contributed by atoms with Crippen molar-refractivity contribution in [2.75, 3.05) is 25.1 Å². The zero-order valence-corrected chi connectivity index (χ0v) is 22.6. The zero-order valence-electron chi connectivity index (χ0n) is 21.8. The number of benzene rings is 3. The Balaban J connectivity index is 1.50. The lowest BCUT2D eigenvalue weighted by Crippen LogP contribution is -2.53. The summed E-state index contributed by atoms with van der Waals surface area (Å²) in [4.78, 5) is 33.1. The highest BCUT2D eigenvalue weighted by molar-refractivity contribution is 6.31. The monoisotopic (exact) mass is 540 g/mol. The number of rotatable bonds is 7. The number of para-hydroxylation sites is 1. The molecule has 3 atom stereocenters. The van der Waals surface area contributed by atoms with E-state index >= 15 is 0 Å². The first-order valence-corrected chi connectivity index (χ1v) is 13.5. The van der Waals surface area contributed by atoms with Crippen LogP contribution in [0.2, 0.25) is 5.02 Å². The van der Waals surface area contributed by atoms with Crippen LogP contribution in [0, 0.1) is 5.92 Å². The number of Topliss-reactive ketones (excluding diaryl/α,β-unsaturated/α-hetero) is 1. The van der Waals surface area contributed by atoms with Gasteiger partial charge in [0.1, 0.15) is 17.0 Å². The molecule has 2 aliphatic rings. The summed E-state index contributed by atoms with van der Waals surface area (Å²) in [6.45, 7) is 3.25. The van der Waals surface area contributed by atoms with Crippen LogP contribution in [-0.4, -0.2) is 36.8 Å². The van der Waals surface area contributed by atoms with Crippen LogP contribution in [0.25, 0.3) is 0 Å². The van der Waals surface area contributed by atoms with Crippen molar-refractivity contribution in [3.63, 3.8) is 0 Å². The average Bonchev–Trinajstić information content (AvgIpc) is 3.64. The summed E-state index contributed by atoms with van der Waals surface area (Å²) in [5.74, 6) is 0.120. The molecule has 3 aromatic carbocycles. The number of carbonyl (C=O) groups excluding carboxylic acids is 2. The third kappa shape index (κ3) is 3.98. The van der Waals surface area contributed by atoms with E-state index in [4.69, 9.17) is 20.8 Å². The van der Waals surface area contributed by atoms with Gasteiger partial charge in [-0.2, -0.15) is 0 Å². The van der Waals surface area contributed by atoms with Gasteiger partial charge in [-0.25, -0.2) is 0 Å². The van der Waals surface area contributed by atoms with Gasteiger partial charge in [0.15, 0.2) is 5.78 Å². The molecule has 3 heterocycles. The van der Waals surface area contributed by atoms with Gasteiger partial charge in [0.2, 0.25) is 0 Å². The molecule has 6 rings (SSSR count). The van der Waals surface area contributed by atoms with E-state index in [9.17, 15) is 9.59 Å². The fraction of sp³-hybridized carbons (Fsp3) is 0.250. The summed E-state index contributed by atoms with van der Waals surface area (Å²) in [6.07, 6.45) is 1.62. The molecule has 0 saturated carbocycles. The number of ketones is 1. The lowest BCUT2D eigenvalue weighted by molar-refractivity contribution is -0.129. The second kappa shape index (κ2) is 10.0. The molecular weight excluding hydrogens is 512 g/mol. The first-order chi connectivity index (χ1) is 19.0. The second-order valence-electron chi connectivity index (χ2n) is 10.1. The molecule has 0 N–H and O–H groups in total. The maximum absolute atomic E-state index is 14.8. The van der Waals surface area contributed by atoms with Crippen LogP contribution in [0.4, 0.5) is 5.69 Å². The summed E-state index contributed by atoms with van der Waals surface area (Å²) in [5, 5.41) is 0.596. The van der Waals surface area contributed by atoms with E-state index < -0.39 is 11.5 Å². The van der Waals surface area contributed by atoms with Crippen LogP contribution < -0.4 is 9.64 Å². The maximum atomic E-state index is 14.8. The SMILES string of the molecule is CCOc1ccc(C(=O)[C@@H]2[C@@H](c3ccco3)CN(C)[C@@]23C(=O)N(Cc2ccccc2Cl)c2ccccc23)cc1. The van der Waals surface area contributed by atoms with Gasteiger partial charge < -0.3 is 14.1 Å². The Kier molecular flexibility index (Phi) is 6.53. The number of likely N-dealkylation sites (tertiary alicyclic amines) is 1. The van der Waals surface area contributed by atoms with Gasteiger partial charge in [-0.3, -0.25) is 14.5 Å². The standard InChI is InChI=1S/C32H29ClN2O4/c1-3-38-23-16-14-21(15-17-23)30(36)29-24(28-13-8-18-39-28)20-34(2)32(29)25-10-5-7-12-27(25)35(31(32)37)19-22-9-4-6-11-26(22)33/h4-18,24,29H,3,19-20H2,1-2H3/t24-,29+,32-/m1/s1. The van der Waals surface area contributed by atoms with Gasteiger partial charge >= 0.3 is 0 Å². The van der Waals surface area contributed by atoms with Crippen LogP contribution in [0.3, 0.4) is 0 Å². The lowest BCUT2D eigenvalue weighted by Gasteiger charge is -2.36. The van der Waals surface area contributed by atoms with Crippen molar-refractivity contribution >= 4 is 29.0 Å². The van der Waals surface area contributed by atoms with Crippen molar-refractivity contribution in [2.45, 2.75) is 24.9 Å². The largest absolute Gasteiger partial charge is 0.494 e. The minimum Gasteiger partial charge on any atom is -0.494 e. The average molecular weight is 541 g/mol. The topological polar surface area (TPSA) is 63.0 Å². The summed E-state index contributed by atoms with van der Waals surface area (Å²) < 4.78 is 11.5. The van der Waals surface area contributed by atoms with E-state index in [-0.39, 0.29) is 17.6 Å². The maximum Gasteiger partial charge on any atom is 0.253 e. The van der Waals surface area contributed by atoms with Crippen molar-refractivity contribution in [3.05, 3.63) is 119 Å². The van der Waals surface area contributed by atoms with E-state index in [1.807, 2.05) is 79.5 Å². The molecule has 0 bridgehead atoms. The Labute approximate surface area is 232 Å². The molecule has 0 unspecified atom stereocenters. The normalized spacial score (nSPS) is 22.4. The number of nitrogens with zero attached hydrogens (tertiary/aromatic N) is 2. The van der Waals surface area contributed by atoms with Crippen LogP contribution >= 0.6 is 11.6 Å². The van der Waals surface area contributed by atoms with Crippen molar-refractivity contribution in [1.29, 1.82) is 0 Å². The molecule has 1 amide bonds. The Morgan fingerprint density at radius 2 is 1.77 bits per heavy atom. The summed E-state index contributed by atoms with van der Waals surface area (Å²) in [5.41, 5.74) is 1.79. The van der Waals surface area contributed by atoms with Gasteiger partial charge in [0.05, 0.1) is 25.3 Å². The predicted octanol–water partition coefficient (Wildman–Crippen LogP) is 6.30. The molecule has 0 radical (unpaired) electrons. The molecular formula is C32H29ClN2O4. The van der Waals surface area contributed by atoms with Gasteiger partial charge in [-0.1, -0.05) is 48.0 Å². The molecule has 0 aliphatic carbocycles. The van der Waals surface area contributed by atoms with Gasteiger partial charge in [0, 0.05) is 34.3 Å². The molecule has 2 aliphatic heterocycles. The molecule has 1 fully saturated rings. The highest BCUT2D eigenvalue weighted by atomic mass is 35.5. The summed E-state index contributed by atoms with van der Waals surface area (Å²) in [6, 6.07) is 26.2. The smallest absolute Gasteiger partial charge is 0.253 e. The molecule has 1 aromatic heterocycles. The van der Waals surface area contributed by atoms with Gasteiger partial charge in [0.25, 0.3) is 5.91 Å². The van der Waals surface area contributed by atoms with E-state index in [1.54, 1.807) is 35.4 Å². The first-order valence-electron chi connectivity index (χ1n) is 13.1. The summed E-state index contributed by atoms with van der Waals surface area (Å²) >= 11 is 6.52. The van der Waals surface area contributed by atoms with E-state index in [0.29, 0.717) is 41.8 Å². The lowest BCUT2D eigenvalue weighted by atomic mass is 9.71. The number of likely N-dealkylation sites (N-methyl/N-ethyl adjacent to an activating group) is 1. The van der Waals surface area contributed by atoms with Crippen molar-refractivity contribution < 1.29 is 18.7 Å². The quantitative estimate of drug-likeness (QED) is 0.257. The minimum atomic E-state index is -1.20. The number of carbonyl (C=O) groups is 2. The second-order valence-corrected chi connectivity index (χ2v) is 10.5. The fourth-order valence-corrected chi connectivity index (χ4v) is 6.54. The number of hydrogen-bond acceptors (Lipinski definition) is 5. The fourth-order valence-electron chi connectivity index (χ4n) is 6.35. The number of fused-ring (bicyclic) bond motifs is 2. The van der Waals surface area contributed by atoms with E-state index in [0.717, 1.165) is 16.8 Å². The van der Waals surface area contributed by atoms with Crippen LogP contribution in [0.5, 0.6) is 5.75 Å². The summed E-state index contributed by atoms with van der Waals surface area (Å²) in [7, 11) is 1.93. The third-order valence-electron chi connectivity index (χ3n) is 8.03. The van der Waals surface area contributed by atoms with Crippen molar-refractivity contribution in [1.82, 2.24) is 4.90 Å². The van der Waals surface area contributed by atoms with Crippen LogP contribution in [-0.2, 0) is 16.9 Å².